The van der Waals surface area contributed by atoms with Gasteiger partial charge in [-0.1, -0.05) is 43.7 Å². The Morgan fingerprint density at radius 1 is 1.21 bits per heavy atom. The standard InChI is InChI=1S/C23H32N4O.HI/c1-3-18-17-27(15-12-21(18)19-8-6-5-7-9-19)23(25-4-2)26-16-22(28)20-10-13-24-14-11-20;/h5-11,13-14,18,21-22,28H,3-4,12,15-17H2,1-2H3,(H,25,26);1H. The Morgan fingerprint density at radius 2 is 1.93 bits per heavy atom. The Kier molecular flexibility index (Phi) is 9.87. The van der Waals surface area contributed by atoms with Crippen LogP contribution in [0.25, 0.3) is 0 Å². The number of rotatable bonds is 6. The van der Waals surface area contributed by atoms with Crippen molar-refractivity contribution in [2.45, 2.75) is 38.7 Å². The van der Waals surface area contributed by atoms with E-state index in [1.807, 2.05) is 12.1 Å². The predicted octanol–water partition coefficient (Wildman–Crippen LogP) is 4.21. The average Bonchev–Trinajstić information content (AvgIpc) is 2.77. The van der Waals surface area contributed by atoms with Gasteiger partial charge in [0.15, 0.2) is 5.96 Å². The van der Waals surface area contributed by atoms with E-state index in [-0.39, 0.29) is 24.0 Å². The van der Waals surface area contributed by atoms with Gasteiger partial charge < -0.3 is 15.3 Å². The van der Waals surface area contributed by atoms with E-state index < -0.39 is 6.10 Å². The molecule has 3 rings (SSSR count). The number of aliphatic hydroxyl groups excluding tert-OH is 1. The molecular formula is C23H33IN4O. The van der Waals surface area contributed by atoms with Gasteiger partial charge in [0.2, 0.25) is 0 Å². The highest BCUT2D eigenvalue weighted by Gasteiger charge is 2.30. The van der Waals surface area contributed by atoms with Crippen molar-refractivity contribution in [3.8, 4) is 0 Å². The first-order chi connectivity index (χ1) is 13.7. The maximum atomic E-state index is 10.4. The molecule has 1 aliphatic heterocycles. The number of aliphatic imine (C=N–C) groups is 1. The van der Waals surface area contributed by atoms with Gasteiger partial charge in [0.1, 0.15) is 0 Å². The van der Waals surface area contributed by atoms with Crippen molar-refractivity contribution in [2.75, 3.05) is 26.2 Å². The average molecular weight is 508 g/mol. The number of guanidine groups is 1. The molecule has 29 heavy (non-hydrogen) atoms. The molecule has 0 amide bonds. The molecule has 0 saturated carbocycles. The van der Waals surface area contributed by atoms with Crippen molar-refractivity contribution >= 4 is 29.9 Å². The van der Waals surface area contributed by atoms with Gasteiger partial charge in [-0.3, -0.25) is 9.98 Å². The second kappa shape index (κ2) is 12.1. The quantitative estimate of drug-likeness (QED) is 0.349. The summed E-state index contributed by atoms with van der Waals surface area (Å²) >= 11 is 0. The van der Waals surface area contributed by atoms with E-state index in [9.17, 15) is 5.11 Å². The number of benzene rings is 1. The van der Waals surface area contributed by atoms with Gasteiger partial charge in [0, 0.05) is 32.0 Å². The van der Waals surface area contributed by atoms with Crippen molar-refractivity contribution in [2.24, 2.45) is 10.9 Å². The zero-order chi connectivity index (χ0) is 19.8. The second-order valence-corrected chi connectivity index (χ2v) is 7.41. The van der Waals surface area contributed by atoms with Gasteiger partial charge in [0.25, 0.3) is 0 Å². The molecule has 0 bridgehead atoms. The van der Waals surface area contributed by atoms with Crippen molar-refractivity contribution in [3.05, 3.63) is 66.0 Å². The Bertz CT molecular complexity index is 741. The summed E-state index contributed by atoms with van der Waals surface area (Å²) in [4.78, 5) is 11.1. The molecule has 2 aromatic rings. The molecular weight excluding hydrogens is 475 g/mol. The number of aliphatic hydroxyl groups is 1. The minimum atomic E-state index is -0.611. The van der Waals surface area contributed by atoms with E-state index in [0.29, 0.717) is 18.4 Å². The molecule has 2 heterocycles. The normalized spacial score (nSPS) is 20.7. The van der Waals surface area contributed by atoms with Crippen LogP contribution in [0.2, 0.25) is 0 Å². The fourth-order valence-corrected chi connectivity index (χ4v) is 4.07. The zero-order valence-electron chi connectivity index (χ0n) is 17.4. The highest BCUT2D eigenvalue weighted by molar-refractivity contribution is 14.0. The molecule has 1 aromatic carbocycles. The van der Waals surface area contributed by atoms with Crippen LogP contribution >= 0.6 is 24.0 Å². The lowest BCUT2D eigenvalue weighted by molar-refractivity contribution is 0.184. The molecule has 2 N–H and O–H groups in total. The van der Waals surface area contributed by atoms with Gasteiger partial charge in [-0.15, -0.1) is 24.0 Å². The van der Waals surface area contributed by atoms with Crippen LogP contribution in [-0.4, -0.2) is 47.1 Å². The fraction of sp³-hybridized carbons (Fsp3) is 0.478. The zero-order valence-corrected chi connectivity index (χ0v) is 19.7. The summed E-state index contributed by atoms with van der Waals surface area (Å²) < 4.78 is 0. The molecule has 1 aliphatic rings. The summed E-state index contributed by atoms with van der Waals surface area (Å²) in [5.74, 6) is 2.11. The van der Waals surface area contributed by atoms with E-state index in [4.69, 9.17) is 4.99 Å². The lowest BCUT2D eigenvalue weighted by Crippen LogP contribution is -2.48. The van der Waals surface area contributed by atoms with Crippen molar-refractivity contribution in [3.63, 3.8) is 0 Å². The number of likely N-dealkylation sites (tertiary alicyclic amines) is 1. The summed E-state index contributed by atoms with van der Waals surface area (Å²) in [6.45, 7) is 7.51. The second-order valence-electron chi connectivity index (χ2n) is 7.41. The largest absolute Gasteiger partial charge is 0.386 e. The molecule has 1 saturated heterocycles. The van der Waals surface area contributed by atoms with Crippen LogP contribution < -0.4 is 5.32 Å². The molecule has 0 aliphatic carbocycles. The highest BCUT2D eigenvalue weighted by atomic mass is 127. The topological polar surface area (TPSA) is 60.8 Å². The lowest BCUT2D eigenvalue weighted by Gasteiger charge is -2.40. The minimum Gasteiger partial charge on any atom is -0.386 e. The number of piperidine rings is 1. The van der Waals surface area contributed by atoms with Crippen molar-refractivity contribution in [1.82, 2.24) is 15.2 Å². The minimum absolute atomic E-state index is 0. The number of pyridine rings is 1. The number of aromatic nitrogens is 1. The van der Waals surface area contributed by atoms with Gasteiger partial charge in [-0.05, 0) is 48.4 Å². The SMILES string of the molecule is CCNC(=NCC(O)c1ccncc1)N1CCC(c2ccccc2)C(CC)C1.I. The first-order valence-electron chi connectivity index (χ1n) is 10.4. The van der Waals surface area contributed by atoms with E-state index >= 15 is 0 Å². The van der Waals surface area contributed by atoms with Gasteiger partial charge >= 0.3 is 0 Å². The third-order valence-electron chi connectivity index (χ3n) is 5.63. The van der Waals surface area contributed by atoms with E-state index in [0.717, 1.165) is 44.0 Å². The molecule has 0 spiro atoms. The third kappa shape index (κ3) is 6.40. The van der Waals surface area contributed by atoms with E-state index in [1.165, 1.54) is 5.56 Å². The smallest absolute Gasteiger partial charge is 0.194 e. The van der Waals surface area contributed by atoms with Crippen LogP contribution in [0, 0.1) is 5.92 Å². The molecule has 3 atom stereocenters. The molecule has 1 fully saturated rings. The summed E-state index contributed by atoms with van der Waals surface area (Å²) in [5.41, 5.74) is 2.30. The van der Waals surface area contributed by atoms with Crippen LogP contribution in [0.15, 0.2) is 59.9 Å². The van der Waals surface area contributed by atoms with Crippen molar-refractivity contribution < 1.29 is 5.11 Å². The van der Waals surface area contributed by atoms with Crippen LogP contribution in [0.3, 0.4) is 0 Å². The number of nitrogens with one attached hydrogen (secondary N) is 1. The fourth-order valence-electron chi connectivity index (χ4n) is 4.07. The Labute approximate surface area is 191 Å². The highest BCUT2D eigenvalue weighted by Crippen LogP contribution is 2.34. The Balaban J connectivity index is 0.00000300. The summed E-state index contributed by atoms with van der Waals surface area (Å²) in [5, 5.41) is 13.9. The number of hydrogen-bond acceptors (Lipinski definition) is 3. The number of nitrogens with zero attached hydrogens (tertiary/aromatic N) is 3. The molecule has 5 nitrogen and oxygen atoms in total. The lowest BCUT2D eigenvalue weighted by atomic mass is 9.79. The van der Waals surface area contributed by atoms with Crippen molar-refractivity contribution in [1.29, 1.82) is 0 Å². The van der Waals surface area contributed by atoms with Crippen LogP contribution in [0.5, 0.6) is 0 Å². The monoisotopic (exact) mass is 508 g/mol. The maximum Gasteiger partial charge on any atom is 0.194 e. The van der Waals surface area contributed by atoms with E-state index in [2.05, 4.69) is 59.4 Å². The predicted molar refractivity (Wildman–Crippen MR) is 130 cm³/mol. The Morgan fingerprint density at radius 3 is 2.59 bits per heavy atom. The summed E-state index contributed by atoms with van der Waals surface area (Å²) in [6.07, 6.45) is 5.07. The van der Waals surface area contributed by atoms with Gasteiger partial charge in [0.05, 0.1) is 12.6 Å². The van der Waals surface area contributed by atoms with Crippen LogP contribution in [0.4, 0.5) is 0 Å². The third-order valence-corrected chi connectivity index (χ3v) is 5.63. The van der Waals surface area contributed by atoms with Crippen LogP contribution in [-0.2, 0) is 0 Å². The molecule has 3 unspecified atom stereocenters. The molecule has 158 valence electrons. The molecule has 0 radical (unpaired) electrons. The van der Waals surface area contributed by atoms with Gasteiger partial charge in [-0.2, -0.15) is 0 Å². The van der Waals surface area contributed by atoms with Crippen LogP contribution in [0.1, 0.15) is 49.8 Å². The summed E-state index contributed by atoms with van der Waals surface area (Å²) in [6, 6.07) is 14.6. The van der Waals surface area contributed by atoms with Gasteiger partial charge in [-0.25, -0.2) is 0 Å². The first-order valence-corrected chi connectivity index (χ1v) is 10.4. The molecule has 1 aromatic heterocycles. The van der Waals surface area contributed by atoms with E-state index in [1.54, 1.807) is 12.4 Å². The maximum absolute atomic E-state index is 10.4. The Hall–Kier alpha value is -1.67. The number of halogens is 1. The first kappa shape index (κ1) is 23.6. The summed E-state index contributed by atoms with van der Waals surface area (Å²) in [7, 11) is 0. The number of hydrogen-bond donors (Lipinski definition) is 2. The molecule has 6 heteroatoms.